The summed E-state index contributed by atoms with van der Waals surface area (Å²) in [6.45, 7) is 4.55. The number of nitrogens with one attached hydrogen (secondary N) is 1. The molecule has 0 amide bonds. The van der Waals surface area contributed by atoms with E-state index in [1.165, 1.54) is 0 Å². The standard InChI is InChI=1S/C10H12F3N3S/c11-10(12,13)8-1-7(15-17-8)2-16-5-9(6-16)3-14-4-9/h1,14H,2-6H2. The van der Waals surface area contributed by atoms with Gasteiger partial charge in [-0.2, -0.15) is 17.5 Å². The molecule has 3 heterocycles. The number of halogens is 3. The van der Waals surface area contributed by atoms with E-state index >= 15 is 0 Å². The number of rotatable bonds is 2. The van der Waals surface area contributed by atoms with Crippen molar-refractivity contribution in [2.45, 2.75) is 12.7 Å². The van der Waals surface area contributed by atoms with E-state index in [0.29, 0.717) is 29.2 Å². The Morgan fingerprint density at radius 3 is 2.59 bits per heavy atom. The van der Waals surface area contributed by atoms with Gasteiger partial charge in [-0.15, -0.1) is 0 Å². The molecule has 1 aromatic heterocycles. The highest BCUT2D eigenvalue weighted by atomic mass is 32.1. The van der Waals surface area contributed by atoms with Gasteiger partial charge >= 0.3 is 6.18 Å². The highest BCUT2D eigenvalue weighted by Gasteiger charge is 2.47. The molecule has 0 bridgehead atoms. The van der Waals surface area contributed by atoms with Crippen molar-refractivity contribution in [1.29, 1.82) is 0 Å². The number of likely N-dealkylation sites (tertiary alicyclic amines) is 1. The van der Waals surface area contributed by atoms with E-state index in [9.17, 15) is 13.2 Å². The van der Waals surface area contributed by atoms with Crippen molar-refractivity contribution in [2.75, 3.05) is 26.2 Å². The quantitative estimate of drug-likeness (QED) is 0.878. The molecule has 0 atom stereocenters. The molecular formula is C10H12F3N3S. The molecule has 3 rings (SSSR count). The number of hydrogen-bond donors (Lipinski definition) is 1. The Balaban J connectivity index is 1.57. The Labute approximate surface area is 101 Å². The average Bonchev–Trinajstić information content (AvgIpc) is 2.54. The van der Waals surface area contributed by atoms with Crippen LogP contribution in [0.5, 0.6) is 0 Å². The van der Waals surface area contributed by atoms with Crippen LogP contribution in [0.2, 0.25) is 0 Å². The fourth-order valence-corrected chi connectivity index (χ4v) is 3.08. The van der Waals surface area contributed by atoms with Crippen LogP contribution in [0.1, 0.15) is 10.6 Å². The van der Waals surface area contributed by atoms with Crippen molar-refractivity contribution in [1.82, 2.24) is 14.6 Å². The van der Waals surface area contributed by atoms with E-state index in [-0.39, 0.29) is 0 Å². The number of alkyl halides is 3. The van der Waals surface area contributed by atoms with E-state index in [1.54, 1.807) is 0 Å². The number of nitrogens with zero attached hydrogens (tertiary/aromatic N) is 2. The summed E-state index contributed by atoms with van der Waals surface area (Å²) in [5, 5.41) is 3.22. The second-order valence-electron chi connectivity index (χ2n) is 4.93. The molecule has 0 saturated carbocycles. The maximum atomic E-state index is 12.4. The van der Waals surface area contributed by atoms with Crippen LogP contribution in [-0.4, -0.2) is 35.5 Å². The van der Waals surface area contributed by atoms with Crippen molar-refractivity contribution in [3.8, 4) is 0 Å². The topological polar surface area (TPSA) is 28.2 Å². The molecule has 3 nitrogen and oxygen atoms in total. The molecule has 2 aliphatic heterocycles. The summed E-state index contributed by atoms with van der Waals surface area (Å²) in [6, 6.07) is 1.16. The zero-order chi connectivity index (χ0) is 12.1. The monoisotopic (exact) mass is 263 g/mol. The molecule has 1 N–H and O–H groups in total. The smallest absolute Gasteiger partial charge is 0.315 e. The first-order valence-electron chi connectivity index (χ1n) is 5.43. The maximum absolute atomic E-state index is 12.4. The molecule has 1 aromatic rings. The van der Waals surface area contributed by atoms with Crippen molar-refractivity contribution in [3.63, 3.8) is 0 Å². The summed E-state index contributed by atoms with van der Waals surface area (Å²) in [7, 11) is 0. The summed E-state index contributed by atoms with van der Waals surface area (Å²) >= 11 is 0.539. The lowest BCUT2D eigenvalue weighted by atomic mass is 9.74. The van der Waals surface area contributed by atoms with Crippen LogP contribution < -0.4 is 5.32 Å². The van der Waals surface area contributed by atoms with E-state index in [4.69, 9.17) is 0 Å². The molecule has 1 spiro atoms. The van der Waals surface area contributed by atoms with E-state index in [0.717, 1.165) is 32.2 Å². The average molecular weight is 263 g/mol. The highest BCUT2D eigenvalue weighted by Crippen LogP contribution is 2.36. The Morgan fingerprint density at radius 2 is 2.12 bits per heavy atom. The summed E-state index contributed by atoms with van der Waals surface area (Å²) in [4.78, 5) is 1.55. The predicted molar refractivity (Wildman–Crippen MR) is 57.7 cm³/mol. The molecule has 2 aliphatic rings. The number of hydrogen-bond acceptors (Lipinski definition) is 4. The first-order chi connectivity index (χ1) is 7.97. The van der Waals surface area contributed by atoms with Gasteiger partial charge in [0.15, 0.2) is 0 Å². The van der Waals surface area contributed by atoms with Gasteiger partial charge in [-0.25, -0.2) is 0 Å². The maximum Gasteiger partial charge on any atom is 0.427 e. The van der Waals surface area contributed by atoms with Crippen LogP contribution in [0.4, 0.5) is 13.2 Å². The molecular weight excluding hydrogens is 251 g/mol. The minimum atomic E-state index is -4.26. The van der Waals surface area contributed by atoms with Gasteiger partial charge in [0.25, 0.3) is 0 Å². The fourth-order valence-electron chi connectivity index (χ4n) is 2.47. The fraction of sp³-hybridized carbons (Fsp3) is 0.700. The molecule has 2 fully saturated rings. The Hall–Kier alpha value is -0.660. The lowest BCUT2D eigenvalue weighted by Crippen LogP contribution is -2.70. The van der Waals surface area contributed by atoms with Crippen LogP contribution in [0.15, 0.2) is 6.07 Å². The largest absolute Gasteiger partial charge is 0.427 e. The van der Waals surface area contributed by atoms with Gasteiger partial charge in [-0.1, -0.05) is 0 Å². The molecule has 17 heavy (non-hydrogen) atoms. The van der Waals surface area contributed by atoms with Gasteiger partial charge < -0.3 is 5.32 Å². The van der Waals surface area contributed by atoms with Gasteiger partial charge in [0, 0.05) is 38.1 Å². The van der Waals surface area contributed by atoms with E-state index < -0.39 is 11.1 Å². The lowest BCUT2D eigenvalue weighted by molar-refractivity contribution is -0.134. The van der Waals surface area contributed by atoms with Crippen LogP contribution in [0, 0.1) is 5.41 Å². The number of aromatic nitrogens is 1. The van der Waals surface area contributed by atoms with Crippen molar-refractivity contribution in [2.24, 2.45) is 5.41 Å². The van der Waals surface area contributed by atoms with Gasteiger partial charge in [-0.3, -0.25) is 4.90 Å². The van der Waals surface area contributed by atoms with Crippen molar-refractivity contribution in [3.05, 3.63) is 16.6 Å². The van der Waals surface area contributed by atoms with E-state index in [2.05, 4.69) is 14.6 Å². The summed E-state index contributed by atoms with van der Waals surface area (Å²) in [6.07, 6.45) is -4.26. The molecule has 0 aliphatic carbocycles. The van der Waals surface area contributed by atoms with Crippen molar-refractivity contribution >= 4 is 11.5 Å². The first-order valence-corrected chi connectivity index (χ1v) is 6.20. The zero-order valence-corrected chi connectivity index (χ0v) is 9.87. The molecule has 0 aromatic carbocycles. The zero-order valence-electron chi connectivity index (χ0n) is 9.05. The third-order valence-electron chi connectivity index (χ3n) is 3.34. The molecule has 7 heteroatoms. The third kappa shape index (κ3) is 2.07. The minimum Gasteiger partial charge on any atom is -0.315 e. The Morgan fingerprint density at radius 1 is 1.41 bits per heavy atom. The van der Waals surface area contributed by atoms with Crippen LogP contribution in [0.25, 0.3) is 0 Å². The first kappa shape index (κ1) is 11.4. The van der Waals surface area contributed by atoms with Gasteiger partial charge in [0.05, 0.1) is 5.69 Å². The van der Waals surface area contributed by atoms with Crippen molar-refractivity contribution < 1.29 is 13.2 Å². The predicted octanol–water partition coefficient (Wildman–Crippen LogP) is 1.57. The molecule has 0 unspecified atom stereocenters. The van der Waals surface area contributed by atoms with Crippen LogP contribution >= 0.6 is 11.5 Å². The molecule has 94 valence electrons. The van der Waals surface area contributed by atoms with Gasteiger partial charge in [0.2, 0.25) is 0 Å². The Bertz CT molecular complexity index is 417. The molecule has 0 radical (unpaired) electrons. The van der Waals surface area contributed by atoms with Gasteiger partial charge in [-0.05, 0) is 17.6 Å². The van der Waals surface area contributed by atoms with Crippen LogP contribution in [-0.2, 0) is 12.7 Å². The van der Waals surface area contributed by atoms with Crippen LogP contribution in [0.3, 0.4) is 0 Å². The highest BCUT2D eigenvalue weighted by molar-refractivity contribution is 7.05. The van der Waals surface area contributed by atoms with Gasteiger partial charge in [0.1, 0.15) is 4.88 Å². The summed E-state index contributed by atoms with van der Waals surface area (Å²) in [5.41, 5.74) is 0.938. The SMILES string of the molecule is FC(F)(F)c1cc(CN2CC3(CNC3)C2)ns1. The second-order valence-corrected chi connectivity index (χ2v) is 5.73. The van der Waals surface area contributed by atoms with E-state index in [1.807, 2.05) is 0 Å². The Kier molecular flexibility index (Phi) is 2.46. The summed E-state index contributed by atoms with van der Waals surface area (Å²) < 4.78 is 41.0. The third-order valence-corrected chi connectivity index (χ3v) is 4.21. The second kappa shape index (κ2) is 3.66. The normalized spacial score (nSPS) is 23.5. The minimum absolute atomic E-state index is 0.406. The molecule has 2 saturated heterocycles. The lowest BCUT2D eigenvalue weighted by Gasteiger charge is -2.56. The summed E-state index contributed by atoms with van der Waals surface area (Å²) in [5.74, 6) is 0.